The van der Waals surface area contributed by atoms with Crippen LogP contribution in [0.15, 0.2) is 72.1 Å². The van der Waals surface area contributed by atoms with Crippen molar-refractivity contribution in [1.29, 1.82) is 0 Å². The summed E-state index contributed by atoms with van der Waals surface area (Å²) in [5, 5.41) is 2.35. The number of aromatic nitrogens is 3. The maximum atomic E-state index is 15.4. The van der Waals surface area contributed by atoms with Crippen LogP contribution in [0.25, 0.3) is 11.1 Å². The number of carbonyl (C=O) groups is 1. The van der Waals surface area contributed by atoms with Gasteiger partial charge in [0.25, 0.3) is 10.0 Å². The molecule has 0 unspecified atom stereocenters. The number of benzene rings is 2. The number of methoxy groups -OCH3 is 1. The molecule has 2 heterocycles. The van der Waals surface area contributed by atoms with Crippen LogP contribution in [0.4, 0.5) is 44.1 Å². The second-order valence-electron chi connectivity index (χ2n) is 8.14. The third-order valence-electron chi connectivity index (χ3n) is 5.48. The van der Waals surface area contributed by atoms with Gasteiger partial charge in [-0.05, 0) is 42.0 Å². The van der Waals surface area contributed by atoms with E-state index in [1.54, 1.807) is 0 Å². The average Bonchev–Trinajstić information content (AvgIpc) is 2.94. The molecule has 0 atom stereocenters. The Bertz CT molecular complexity index is 1710. The molecule has 0 radical (unpaired) electrons. The average molecular weight is 611 g/mol. The van der Waals surface area contributed by atoms with Gasteiger partial charge in [-0.15, -0.1) is 13.2 Å². The van der Waals surface area contributed by atoms with E-state index in [9.17, 15) is 30.8 Å². The Balaban J connectivity index is 1.73. The number of rotatable bonds is 8. The molecule has 0 saturated heterocycles. The van der Waals surface area contributed by atoms with Gasteiger partial charge in [0.2, 0.25) is 0 Å². The molecule has 0 bridgehead atoms. The van der Waals surface area contributed by atoms with Crippen molar-refractivity contribution in [1.82, 2.24) is 20.3 Å². The molecule has 2 aromatic carbocycles. The Morgan fingerprint density at radius 3 is 2.33 bits per heavy atom. The molecule has 0 fully saturated rings. The summed E-state index contributed by atoms with van der Waals surface area (Å²) in [6, 6.07) is 7.10. The van der Waals surface area contributed by atoms with Crippen LogP contribution in [0.1, 0.15) is 0 Å². The second kappa shape index (κ2) is 11.8. The van der Waals surface area contributed by atoms with E-state index in [0.717, 1.165) is 41.7 Å². The minimum Gasteiger partial charge on any atom is -0.495 e. The molecule has 17 heteroatoms. The summed E-state index contributed by atoms with van der Waals surface area (Å²) >= 11 is 0. The summed E-state index contributed by atoms with van der Waals surface area (Å²) in [6.45, 7) is 0. The first-order valence-electron chi connectivity index (χ1n) is 11.5. The summed E-state index contributed by atoms with van der Waals surface area (Å²) in [4.78, 5) is 25.0. The Hall–Kier alpha value is -5.06. The minimum absolute atomic E-state index is 0.000362. The molecule has 42 heavy (non-hydrogen) atoms. The number of hydrogen-bond acceptors (Lipinski definition) is 8. The van der Waals surface area contributed by atoms with Crippen molar-refractivity contribution >= 4 is 33.4 Å². The van der Waals surface area contributed by atoms with Crippen LogP contribution in [-0.4, -0.2) is 49.9 Å². The predicted octanol–water partition coefficient (Wildman–Crippen LogP) is 5.00. The fourth-order valence-electron chi connectivity index (χ4n) is 3.64. The highest BCUT2D eigenvalue weighted by Gasteiger charge is 2.33. The van der Waals surface area contributed by atoms with Gasteiger partial charge in [-0.25, -0.2) is 41.8 Å². The zero-order chi connectivity index (χ0) is 30.7. The maximum absolute atomic E-state index is 15.4. The number of alkyl halides is 3. The van der Waals surface area contributed by atoms with E-state index in [2.05, 4.69) is 29.7 Å². The minimum atomic E-state index is -5.19. The molecule has 0 aliphatic heterocycles. The van der Waals surface area contributed by atoms with Gasteiger partial charge in [-0.1, -0.05) is 6.07 Å². The Labute approximate surface area is 235 Å². The van der Waals surface area contributed by atoms with Gasteiger partial charge < -0.3 is 14.8 Å². The smallest absolute Gasteiger partial charge is 0.495 e. The highest BCUT2D eigenvalue weighted by Crippen LogP contribution is 2.40. The lowest BCUT2D eigenvalue weighted by atomic mass is 10.0. The Kier molecular flexibility index (Phi) is 8.41. The van der Waals surface area contributed by atoms with Gasteiger partial charge in [0.1, 0.15) is 34.4 Å². The molecular weight excluding hydrogens is 591 g/mol. The number of nitrogens with one attached hydrogen (secondary N) is 2. The van der Waals surface area contributed by atoms with Crippen LogP contribution in [0.2, 0.25) is 0 Å². The van der Waals surface area contributed by atoms with Crippen molar-refractivity contribution in [2.45, 2.75) is 11.3 Å². The number of carbonyl (C=O) groups excluding carboxylic acids is 1. The number of hydrogen-bond donors (Lipinski definition) is 2. The highest BCUT2D eigenvalue weighted by molar-refractivity contribution is 7.92. The lowest BCUT2D eigenvalue weighted by Crippen LogP contribution is -2.35. The Morgan fingerprint density at radius 2 is 1.74 bits per heavy atom. The molecule has 4 rings (SSSR count). The number of anilines is 3. The van der Waals surface area contributed by atoms with E-state index in [0.29, 0.717) is 12.1 Å². The zero-order valence-electron chi connectivity index (χ0n) is 21.5. The van der Waals surface area contributed by atoms with E-state index >= 15 is 4.39 Å². The number of sulfonamides is 1. The molecular formula is C25H19F5N6O5S. The van der Waals surface area contributed by atoms with Gasteiger partial charge >= 0.3 is 12.4 Å². The largest absolute Gasteiger partial charge is 0.573 e. The molecule has 0 aliphatic rings. The molecule has 11 nitrogen and oxygen atoms in total. The fourth-order valence-corrected chi connectivity index (χ4v) is 4.59. The zero-order valence-corrected chi connectivity index (χ0v) is 22.3. The van der Waals surface area contributed by atoms with Gasteiger partial charge in [-0.3, -0.25) is 4.72 Å². The van der Waals surface area contributed by atoms with Crippen molar-refractivity contribution in [3.8, 4) is 22.6 Å². The first-order chi connectivity index (χ1) is 19.8. The first-order valence-corrected chi connectivity index (χ1v) is 13.0. The number of pyridine rings is 1. The van der Waals surface area contributed by atoms with Crippen LogP contribution in [0.3, 0.4) is 0 Å². The quantitative estimate of drug-likeness (QED) is 0.266. The van der Waals surface area contributed by atoms with Crippen LogP contribution in [0.5, 0.6) is 11.5 Å². The van der Waals surface area contributed by atoms with Crippen molar-refractivity contribution < 1.29 is 44.6 Å². The van der Waals surface area contributed by atoms with Crippen molar-refractivity contribution in [3.63, 3.8) is 0 Å². The number of halogens is 5. The highest BCUT2D eigenvalue weighted by atomic mass is 32.2. The SMILES string of the molecule is CNC(=O)N(c1ccc(S(=O)(=O)Nc2ccncn2)cn1)c1cc(F)c(-c2ccc(F)c(OC(F)(F)F)c2)cc1OC. The van der Waals surface area contributed by atoms with Crippen LogP contribution >= 0.6 is 0 Å². The second-order valence-corrected chi connectivity index (χ2v) is 9.82. The lowest BCUT2D eigenvalue weighted by molar-refractivity contribution is -0.275. The molecule has 2 aromatic heterocycles. The normalized spacial score (nSPS) is 11.5. The van der Waals surface area contributed by atoms with Gasteiger partial charge in [0.15, 0.2) is 11.6 Å². The van der Waals surface area contributed by atoms with E-state index < -0.39 is 39.8 Å². The molecule has 0 spiro atoms. The first kappa shape index (κ1) is 29.9. The summed E-state index contributed by atoms with van der Waals surface area (Å²) in [5.41, 5.74) is -0.688. The topological polar surface area (TPSA) is 136 Å². The van der Waals surface area contributed by atoms with E-state index in [4.69, 9.17) is 4.74 Å². The number of ether oxygens (including phenoxy) is 2. The summed E-state index contributed by atoms with van der Waals surface area (Å²) < 4.78 is 104. The third kappa shape index (κ3) is 6.63. The van der Waals surface area contributed by atoms with E-state index in [1.165, 1.54) is 32.5 Å². The molecule has 4 aromatic rings. The monoisotopic (exact) mass is 610 g/mol. The maximum Gasteiger partial charge on any atom is 0.573 e. The molecule has 0 aliphatic carbocycles. The van der Waals surface area contributed by atoms with Crippen molar-refractivity contribution in [2.24, 2.45) is 0 Å². The van der Waals surface area contributed by atoms with E-state index in [-0.39, 0.29) is 39.1 Å². The number of urea groups is 1. The number of amides is 2. The van der Waals surface area contributed by atoms with Crippen LogP contribution in [0, 0.1) is 11.6 Å². The fraction of sp³-hybridized carbons (Fsp3) is 0.120. The molecule has 2 amide bonds. The van der Waals surface area contributed by atoms with Gasteiger partial charge in [-0.2, -0.15) is 0 Å². The third-order valence-corrected chi connectivity index (χ3v) is 6.82. The molecule has 2 N–H and O–H groups in total. The number of nitrogens with zero attached hydrogens (tertiary/aromatic N) is 4. The summed E-state index contributed by atoms with van der Waals surface area (Å²) in [6.07, 6.45) is -1.77. The van der Waals surface area contributed by atoms with E-state index in [1.807, 2.05) is 0 Å². The predicted molar refractivity (Wildman–Crippen MR) is 139 cm³/mol. The molecule has 0 saturated carbocycles. The Morgan fingerprint density at radius 1 is 0.976 bits per heavy atom. The van der Waals surface area contributed by atoms with Crippen molar-refractivity contribution in [2.75, 3.05) is 23.8 Å². The van der Waals surface area contributed by atoms with Gasteiger partial charge in [0, 0.05) is 31.1 Å². The standard InChI is InChI=1S/C25H19F5N6O5S/c1-31-24(37)36(23-6-4-15(12-33-23)42(38,39)35-22-7-8-32-13-34-22)19-11-18(27)16(10-21(19)40-2)14-3-5-17(26)20(9-14)41-25(28,29)30/h3-13H,1-2H3,(H,31,37)(H,32,34,35). The summed E-state index contributed by atoms with van der Waals surface area (Å²) in [5.74, 6) is -3.82. The molecule has 220 valence electrons. The van der Waals surface area contributed by atoms with Crippen LogP contribution < -0.4 is 24.4 Å². The summed E-state index contributed by atoms with van der Waals surface area (Å²) in [7, 11) is -1.67. The van der Waals surface area contributed by atoms with Crippen LogP contribution in [-0.2, 0) is 10.0 Å². The van der Waals surface area contributed by atoms with Crippen molar-refractivity contribution in [3.05, 3.63) is 78.9 Å². The van der Waals surface area contributed by atoms with Gasteiger partial charge in [0.05, 0.1) is 12.8 Å². The lowest BCUT2D eigenvalue weighted by Gasteiger charge is -2.24.